The predicted octanol–water partition coefficient (Wildman–Crippen LogP) is 3.96. The van der Waals surface area contributed by atoms with Crippen LogP contribution in [0.5, 0.6) is 5.75 Å². The lowest BCUT2D eigenvalue weighted by Crippen LogP contribution is -2.13. The topological polar surface area (TPSA) is 9.23 Å². The molecule has 0 heterocycles. The highest BCUT2D eigenvalue weighted by molar-refractivity contribution is 6.32. The molecule has 1 aromatic carbocycles. The highest BCUT2D eigenvalue weighted by Gasteiger charge is 2.06. The fraction of sp³-hybridized carbons (Fsp3) is 0.455. The van der Waals surface area contributed by atoms with Gasteiger partial charge in [-0.3, -0.25) is 0 Å². The monoisotopic (exact) mass is 232 g/mol. The molecule has 0 aliphatic heterocycles. The van der Waals surface area contributed by atoms with Gasteiger partial charge >= 0.3 is 0 Å². The first-order valence-electron chi connectivity index (χ1n) is 4.54. The molecule has 0 amide bonds. The van der Waals surface area contributed by atoms with Gasteiger partial charge in [-0.2, -0.15) is 0 Å². The summed E-state index contributed by atoms with van der Waals surface area (Å²) < 4.78 is 5.59. The second-order valence-corrected chi connectivity index (χ2v) is 4.14. The van der Waals surface area contributed by atoms with Crippen molar-refractivity contribution < 1.29 is 4.74 Å². The van der Waals surface area contributed by atoms with Crippen LogP contribution in [0.3, 0.4) is 0 Å². The van der Waals surface area contributed by atoms with Crippen LogP contribution in [-0.4, -0.2) is 12.0 Å². The average molecular weight is 233 g/mol. The fourth-order valence-electron chi connectivity index (χ4n) is 1.24. The third-order valence-corrected chi connectivity index (χ3v) is 3.00. The standard InChI is InChI=1S/C11H14Cl2O/c1-7-4-10(14-9(3)6-12)5-8(2)11(7)13/h4-5,9H,6H2,1-3H3. The molecule has 1 atom stereocenters. The molecule has 0 radical (unpaired) electrons. The summed E-state index contributed by atoms with van der Waals surface area (Å²) in [5.41, 5.74) is 2.06. The van der Waals surface area contributed by atoms with Gasteiger partial charge in [0, 0.05) is 5.02 Å². The van der Waals surface area contributed by atoms with E-state index in [4.69, 9.17) is 27.9 Å². The Balaban J connectivity index is 2.89. The first-order chi connectivity index (χ1) is 6.54. The number of ether oxygens (including phenoxy) is 1. The maximum absolute atomic E-state index is 6.04. The number of rotatable bonds is 3. The van der Waals surface area contributed by atoms with Crippen LogP contribution in [0.4, 0.5) is 0 Å². The molecule has 0 aromatic heterocycles. The molecule has 3 heteroatoms. The van der Waals surface area contributed by atoms with Crippen molar-refractivity contribution in [2.24, 2.45) is 0 Å². The normalized spacial score (nSPS) is 12.6. The van der Waals surface area contributed by atoms with E-state index in [9.17, 15) is 0 Å². The second kappa shape index (κ2) is 4.90. The lowest BCUT2D eigenvalue weighted by atomic mass is 10.1. The van der Waals surface area contributed by atoms with Crippen LogP contribution in [-0.2, 0) is 0 Å². The third kappa shape index (κ3) is 2.79. The molecular weight excluding hydrogens is 219 g/mol. The van der Waals surface area contributed by atoms with E-state index in [1.54, 1.807) is 0 Å². The quantitative estimate of drug-likeness (QED) is 0.718. The highest BCUT2D eigenvalue weighted by Crippen LogP contribution is 2.26. The van der Waals surface area contributed by atoms with E-state index in [1.165, 1.54) is 0 Å². The molecular formula is C11H14Cl2O. The van der Waals surface area contributed by atoms with Crippen LogP contribution in [0.25, 0.3) is 0 Å². The summed E-state index contributed by atoms with van der Waals surface area (Å²) in [5.74, 6) is 1.32. The average Bonchev–Trinajstić information content (AvgIpc) is 2.14. The van der Waals surface area contributed by atoms with Crippen molar-refractivity contribution >= 4 is 23.2 Å². The molecule has 0 saturated heterocycles. The molecule has 0 fully saturated rings. The van der Waals surface area contributed by atoms with E-state index in [-0.39, 0.29) is 6.10 Å². The first kappa shape index (κ1) is 11.7. The first-order valence-corrected chi connectivity index (χ1v) is 5.45. The molecule has 14 heavy (non-hydrogen) atoms. The molecule has 0 bridgehead atoms. The van der Waals surface area contributed by atoms with Gasteiger partial charge in [-0.1, -0.05) is 11.6 Å². The van der Waals surface area contributed by atoms with Crippen molar-refractivity contribution in [2.45, 2.75) is 26.9 Å². The van der Waals surface area contributed by atoms with Gasteiger partial charge in [0.05, 0.1) is 5.88 Å². The lowest BCUT2D eigenvalue weighted by molar-refractivity contribution is 0.245. The number of hydrogen-bond donors (Lipinski definition) is 0. The van der Waals surface area contributed by atoms with Gasteiger partial charge in [0.2, 0.25) is 0 Å². The zero-order valence-corrected chi connectivity index (χ0v) is 10.1. The number of aryl methyl sites for hydroxylation is 2. The van der Waals surface area contributed by atoms with Crippen LogP contribution in [0, 0.1) is 13.8 Å². The van der Waals surface area contributed by atoms with Gasteiger partial charge in [-0.05, 0) is 44.0 Å². The summed E-state index contributed by atoms with van der Waals surface area (Å²) in [6.45, 7) is 5.87. The Morgan fingerprint density at radius 2 is 1.79 bits per heavy atom. The van der Waals surface area contributed by atoms with Crippen molar-refractivity contribution in [3.8, 4) is 5.75 Å². The molecule has 0 N–H and O–H groups in total. The van der Waals surface area contributed by atoms with Crippen molar-refractivity contribution in [3.63, 3.8) is 0 Å². The van der Waals surface area contributed by atoms with Gasteiger partial charge < -0.3 is 4.74 Å². The van der Waals surface area contributed by atoms with Gasteiger partial charge in [-0.25, -0.2) is 0 Å². The van der Waals surface area contributed by atoms with Crippen LogP contribution >= 0.6 is 23.2 Å². The van der Waals surface area contributed by atoms with Gasteiger partial charge in [-0.15, -0.1) is 11.6 Å². The molecule has 1 aromatic rings. The Bertz CT molecular complexity index is 300. The summed E-state index contributed by atoms with van der Waals surface area (Å²) >= 11 is 11.7. The van der Waals surface area contributed by atoms with E-state index in [0.717, 1.165) is 21.9 Å². The largest absolute Gasteiger partial charge is 0.489 e. The molecule has 1 unspecified atom stereocenters. The minimum atomic E-state index is 0.0247. The summed E-state index contributed by atoms with van der Waals surface area (Å²) in [7, 11) is 0. The highest BCUT2D eigenvalue weighted by atomic mass is 35.5. The van der Waals surface area contributed by atoms with Crippen molar-refractivity contribution in [3.05, 3.63) is 28.3 Å². The van der Waals surface area contributed by atoms with E-state index in [1.807, 2.05) is 32.9 Å². The van der Waals surface area contributed by atoms with Crippen LogP contribution in [0.15, 0.2) is 12.1 Å². The molecule has 0 saturated carbocycles. The summed E-state index contributed by atoms with van der Waals surface area (Å²) in [5, 5.41) is 0.802. The Morgan fingerprint density at radius 1 is 1.29 bits per heavy atom. The fourth-order valence-corrected chi connectivity index (χ4v) is 1.41. The summed E-state index contributed by atoms with van der Waals surface area (Å²) in [6, 6.07) is 3.86. The van der Waals surface area contributed by atoms with E-state index in [2.05, 4.69) is 0 Å². The third-order valence-electron chi connectivity index (χ3n) is 1.96. The van der Waals surface area contributed by atoms with E-state index >= 15 is 0 Å². The molecule has 0 aliphatic carbocycles. The van der Waals surface area contributed by atoms with Gasteiger partial charge in [0.1, 0.15) is 11.9 Å². The maximum atomic E-state index is 6.04. The molecule has 1 rings (SSSR count). The van der Waals surface area contributed by atoms with Crippen molar-refractivity contribution in [1.82, 2.24) is 0 Å². The van der Waals surface area contributed by atoms with Crippen molar-refractivity contribution in [1.29, 1.82) is 0 Å². The second-order valence-electron chi connectivity index (χ2n) is 3.45. The van der Waals surface area contributed by atoms with Crippen LogP contribution in [0.2, 0.25) is 5.02 Å². The number of benzene rings is 1. The maximum Gasteiger partial charge on any atom is 0.120 e. The van der Waals surface area contributed by atoms with E-state index < -0.39 is 0 Å². The lowest BCUT2D eigenvalue weighted by Gasteiger charge is -2.13. The Kier molecular flexibility index (Phi) is 4.09. The number of alkyl halides is 1. The minimum Gasteiger partial charge on any atom is -0.489 e. The summed E-state index contributed by atoms with van der Waals surface area (Å²) in [6.07, 6.45) is 0.0247. The van der Waals surface area contributed by atoms with Gasteiger partial charge in [0.15, 0.2) is 0 Å². The van der Waals surface area contributed by atoms with Crippen LogP contribution in [0.1, 0.15) is 18.1 Å². The zero-order valence-electron chi connectivity index (χ0n) is 8.60. The predicted molar refractivity (Wildman–Crippen MR) is 61.7 cm³/mol. The Labute approximate surface area is 95.0 Å². The van der Waals surface area contributed by atoms with Crippen molar-refractivity contribution in [2.75, 3.05) is 5.88 Å². The smallest absolute Gasteiger partial charge is 0.120 e. The Hall–Kier alpha value is -0.400. The molecule has 78 valence electrons. The SMILES string of the molecule is Cc1cc(OC(C)CCl)cc(C)c1Cl. The zero-order chi connectivity index (χ0) is 10.7. The number of halogens is 2. The minimum absolute atomic E-state index is 0.0247. The van der Waals surface area contributed by atoms with Crippen LogP contribution < -0.4 is 4.74 Å². The molecule has 0 aliphatic rings. The van der Waals surface area contributed by atoms with E-state index in [0.29, 0.717) is 5.88 Å². The molecule has 0 spiro atoms. The van der Waals surface area contributed by atoms with Gasteiger partial charge in [0.25, 0.3) is 0 Å². The Morgan fingerprint density at radius 3 is 2.21 bits per heavy atom. The number of hydrogen-bond acceptors (Lipinski definition) is 1. The summed E-state index contributed by atoms with van der Waals surface area (Å²) in [4.78, 5) is 0. The molecule has 1 nitrogen and oxygen atoms in total.